The van der Waals surface area contributed by atoms with Crippen molar-refractivity contribution < 1.29 is 23.5 Å². The summed E-state index contributed by atoms with van der Waals surface area (Å²) < 4.78 is 27.9. The first kappa shape index (κ1) is 20.2. The van der Waals surface area contributed by atoms with Gasteiger partial charge in [-0.1, -0.05) is 30.3 Å². The summed E-state index contributed by atoms with van der Waals surface area (Å²) in [4.78, 5) is 0. The van der Waals surface area contributed by atoms with Gasteiger partial charge in [-0.25, -0.2) is 0 Å². The third-order valence-electron chi connectivity index (χ3n) is 5.37. The first-order valence-electron chi connectivity index (χ1n) is 10.5. The molecular formula is C26H23NO5. The van der Waals surface area contributed by atoms with Crippen LogP contribution in [0.5, 0.6) is 23.1 Å². The summed E-state index contributed by atoms with van der Waals surface area (Å²) in [5, 5.41) is 3.88. The smallest absolute Gasteiger partial charge is 0.256 e. The third kappa shape index (κ3) is 4.31. The van der Waals surface area contributed by atoms with Crippen LogP contribution in [-0.2, 0) is 11.2 Å². The lowest BCUT2D eigenvalue weighted by Crippen LogP contribution is -2.03. The quantitative estimate of drug-likeness (QED) is 0.312. The Hall–Kier alpha value is -3.77. The second kappa shape index (κ2) is 9.16. The number of ether oxygens (including phenoxy) is 4. The standard InChI is InChI=1S/C26H23NO5/c1-28-17-29-26-16-25(32-27-26)18-10-12-20(13-11-18)31-24-15-14-22-21(24)8-5-9-23(22)30-19-6-3-2-4-7-19/h2-13,16,24H,14-15,17H2,1H3. The topological polar surface area (TPSA) is 63.0 Å². The lowest BCUT2D eigenvalue weighted by molar-refractivity contribution is 0.0453. The molecule has 32 heavy (non-hydrogen) atoms. The second-order valence-electron chi connectivity index (χ2n) is 7.49. The highest BCUT2D eigenvalue weighted by Crippen LogP contribution is 2.41. The molecule has 6 nitrogen and oxygen atoms in total. The van der Waals surface area contributed by atoms with Gasteiger partial charge in [-0.3, -0.25) is 0 Å². The zero-order chi connectivity index (χ0) is 21.8. The zero-order valence-electron chi connectivity index (χ0n) is 17.7. The maximum absolute atomic E-state index is 6.31. The number of rotatable bonds is 8. The molecule has 1 aliphatic rings. The van der Waals surface area contributed by atoms with Crippen LogP contribution in [-0.4, -0.2) is 19.1 Å². The van der Waals surface area contributed by atoms with E-state index in [2.05, 4.69) is 11.2 Å². The molecule has 0 radical (unpaired) electrons. The van der Waals surface area contributed by atoms with E-state index in [1.165, 1.54) is 11.1 Å². The van der Waals surface area contributed by atoms with Gasteiger partial charge in [0, 0.05) is 24.3 Å². The molecule has 0 fully saturated rings. The van der Waals surface area contributed by atoms with Crippen molar-refractivity contribution >= 4 is 0 Å². The zero-order valence-corrected chi connectivity index (χ0v) is 17.7. The number of hydrogen-bond donors (Lipinski definition) is 0. The van der Waals surface area contributed by atoms with Crippen LogP contribution < -0.4 is 14.2 Å². The molecule has 0 saturated heterocycles. The Morgan fingerprint density at radius 3 is 2.59 bits per heavy atom. The SMILES string of the molecule is COCOc1cc(-c2ccc(OC3CCc4c(Oc5ccccc5)cccc43)cc2)on1. The number of para-hydroxylation sites is 1. The fourth-order valence-corrected chi connectivity index (χ4v) is 3.86. The van der Waals surface area contributed by atoms with Gasteiger partial charge in [-0.15, -0.1) is 0 Å². The predicted molar refractivity (Wildman–Crippen MR) is 119 cm³/mol. The molecule has 1 heterocycles. The molecular weight excluding hydrogens is 406 g/mol. The first-order chi connectivity index (χ1) is 15.8. The van der Waals surface area contributed by atoms with E-state index in [4.69, 9.17) is 23.5 Å². The van der Waals surface area contributed by atoms with Gasteiger partial charge >= 0.3 is 0 Å². The Bertz CT molecular complexity index is 1170. The molecule has 0 aliphatic heterocycles. The van der Waals surface area contributed by atoms with Gasteiger partial charge in [0.1, 0.15) is 23.4 Å². The molecule has 0 spiro atoms. The van der Waals surface area contributed by atoms with E-state index in [0.717, 1.165) is 35.7 Å². The summed E-state index contributed by atoms with van der Waals surface area (Å²) in [6.07, 6.45) is 1.83. The molecule has 0 N–H and O–H groups in total. The molecule has 1 aliphatic carbocycles. The summed E-state index contributed by atoms with van der Waals surface area (Å²) in [7, 11) is 1.56. The predicted octanol–water partition coefficient (Wildman–Crippen LogP) is 6.18. The van der Waals surface area contributed by atoms with E-state index in [-0.39, 0.29) is 12.9 Å². The van der Waals surface area contributed by atoms with Gasteiger partial charge in [0.05, 0.1) is 0 Å². The van der Waals surface area contributed by atoms with Gasteiger partial charge in [-0.05, 0) is 66.0 Å². The Balaban J connectivity index is 1.28. The largest absolute Gasteiger partial charge is 0.486 e. The monoisotopic (exact) mass is 429 g/mol. The molecule has 1 atom stereocenters. The summed E-state index contributed by atoms with van der Waals surface area (Å²) in [5.74, 6) is 3.54. The Kier molecular flexibility index (Phi) is 5.77. The normalized spacial score (nSPS) is 14.7. The van der Waals surface area contributed by atoms with Crippen LogP contribution >= 0.6 is 0 Å². The number of methoxy groups -OCH3 is 1. The number of benzene rings is 3. The van der Waals surface area contributed by atoms with Crippen LogP contribution in [0.2, 0.25) is 0 Å². The maximum atomic E-state index is 6.31. The molecule has 4 aromatic rings. The van der Waals surface area contributed by atoms with Crippen LogP contribution in [0.25, 0.3) is 11.3 Å². The van der Waals surface area contributed by atoms with Crippen molar-refractivity contribution in [2.45, 2.75) is 18.9 Å². The van der Waals surface area contributed by atoms with Crippen molar-refractivity contribution in [3.05, 3.63) is 90.0 Å². The van der Waals surface area contributed by atoms with Crippen LogP contribution in [0.1, 0.15) is 23.7 Å². The lowest BCUT2D eigenvalue weighted by Gasteiger charge is -2.16. The Morgan fingerprint density at radius 1 is 0.938 bits per heavy atom. The number of hydrogen-bond acceptors (Lipinski definition) is 6. The Morgan fingerprint density at radius 2 is 1.78 bits per heavy atom. The molecule has 162 valence electrons. The Labute approximate surface area is 186 Å². The number of nitrogens with zero attached hydrogens (tertiary/aromatic N) is 1. The molecule has 6 heteroatoms. The van der Waals surface area contributed by atoms with Gasteiger partial charge < -0.3 is 23.5 Å². The van der Waals surface area contributed by atoms with E-state index in [1.54, 1.807) is 13.2 Å². The fraction of sp³-hybridized carbons (Fsp3) is 0.192. The van der Waals surface area contributed by atoms with Crippen LogP contribution in [0.15, 0.2) is 83.4 Å². The highest BCUT2D eigenvalue weighted by atomic mass is 16.7. The van der Waals surface area contributed by atoms with Gasteiger partial charge in [-0.2, -0.15) is 0 Å². The van der Waals surface area contributed by atoms with Crippen molar-refractivity contribution in [1.82, 2.24) is 5.16 Å². The lowest BCUT2D eigenvalue weighted by atomic mass is 10.1. The van der Waals surface area contributed by atoms with Crippen LogP contribution in [0, 0.1) is 0 Å². The fourth-order valence-electron chi connectivity index (χ4n) is 3.86. The maximum Gasteiger partial charge on any atom is 0.256 e. The van der Waals surface area contributed by atoms with Gasteiger partial charge in [0.2, 0.25) is 0 Å². The summed E-state index contributed by atoms with van der Waals surface area (Å²) in [6, 6.07) is 25.5. The minimum absolute atomic E-state index is 0.00509. The van der Waals surface area contributed by atoms with Crippen molar-refractivity contribution in [3.8, 4) is 34.5 Å². The van der Waals surface area contributed by atoms with Crippen molar-refractivity contribution in [2.75, 3.05) is 13.9 Å². The third-order valence-corrected chi connectivity index (χ3v) is 5.37. The van der Waals surface area contributed by atoms with Crippen molar-refractivity contribution in [2.24, 2.45) is 0 Å². The molecule has 0 saturated carbocycles. The van der Waals surface area contributed by atoms with Crippen LogP contribution in [0.3, 0.4) is 0 Å². The summed E-state index contributed by atoms with van der Waals surface area (Å²) in [5.41, 5.74) is 3.28. The number of aromatic nitrogens is 1. The first-order valence-corrected chi connectivity index (χ1v) is 10.5. The minimum atomic E-state index is -0.00509. The average molecular weight is 429 g/mol. The molecule has 3 aromatic carbocycles. The van der Waals surface area contributed by atoms with E-state index in [0.29, 0.717) is 11.6 Å². The summed E-state index contributed by atoms with van der Waals surface area (Å²) >= 11 is 0. The summed E-state index contributed by atoms with van der Waals surface area (Å²) in [6.45, 7) is 0.125. The van der Waals surface area contributed by atoms with Crippen molar-refractivity contribution in [1.29, 1.82) is 0 Å². The average Bonchev–Trinajstić information content (AvgIpc) is 3.47. The molecule has 1 aromatic heterocycles. The highest BCUT2D eigenvalue weighted by Gasteiger charge is 2.27. The van der Waals surface area contributed by atoms with Crippen LogP contribution in [0.4, 0.5) is 0 Å². The minimum Gasteiger partial charge on any atom is -0.486 e. The second-order valence-corrected chi connectivity index (χ2v) is 7.49. The highest BCUT2D eigenvalue weighted by molar-refractivity contribution is 5.59. The molecule has 0 amide bonds. The molecule has 1 unspecified atom stereocenters. The van der Waals surface area contributed by atoms with E-state index in [9.17, 15) is 0 Å². The van der Waals surface area contributed by atoms with Gasteiger partial charge in [0.15, 0.2) is 12.6 Å². The molecule has 0 bridgehead atoms. The van der Waals surface area contributed by atoms with E-state index >= 15 is 0 Å². The van der Waals surface area contributed by atoms with E-state index in [1.807, 2.05) is 66.7 Å². The van der Waals surface area contributed by atoms with Gasteiger partial charge in [0.25, 0.3) is 5.88 Å². The van der Waals surface area contributed by atoms with Crippen molar-refractivity contribution in [3.63, 3.8) is 0 Å². The number of fused-ring (bicyclic) bond motifs is 1. The van der Waals surface area contributed by atoms with E-state index < -0.39 is 0 Å². The molecule has 5 rings (SSSR count).